The van der Waals surface area contributed by atoms with Crippen LogP contribution in [0.15, 0.2) is 106 Å². The van der Waals surface area contributed by atoms with Crippen molar-refractivity contribution in [3.05, 3.63) is 130 Å². The maximum absolute atomic E-state index is 13.8. The molecular weight excluding hydrogens is 494 g/mol. The van der Waals surface area contributed by atoms with Crippen molar-refractivity contribution in [2.45, 2.75) is 12.6 Å². The van der Waals surface area contributed by atoms with Crippen molar-refractivity contribution in [3.63, 3.8) is 0 Å². The fraction of sp³-hybridized carbons (Fsp3) is 0.125. The van der Waals surface area contributed by atoms with E-state index in [9.17, 15) is 9.59 Å². The van der Waals surface area contributed by atoms with Crippen molar-refractivity contribution in [2.75, 3.05) is 19.1 Å². The maximum atomic E-state index is 13.8. The smallest absolute Gasteiger partial charge is 0.295 e. The number of methoxy groups -OCH3 is 2. The predicted molar refractivity (Wildman–Crippen MR) is 148 cm³/mol. The molecule has 7 nitrogen and oxygen atoms in total. The van der Waals surface area contributed by atoms with Crippen LogP contribution in [0.4, 0.5) is 5.69 Å². The molecule has 1 amide bonds. The molecule has 0 fully saturated rings. The SMILES string of the molecule is COc1ccc(N2C(=O)c3oc4ccccc4c(=O)c3C2c2ccc(OCc3ccccc3)c(OC)c2)cc1. The number of anilines is 1. The number of ether oxygens (including phenoxy) is 3. The molecule has 1 atom stereocenters. The van der Waals surface area contributed by atoms with E-state index in [4.69, 9.17) is 18.6 Å². The van der Waals surface area contributed by atoms with Gasteiger partial charge in [0.25, 0.3) is 5.91 Å². The molecule has 0 aliphatic carbocycles. The molecule has 1 aliphatic rings. The first-order valence-electron chi connectivity index (χ1n) is 12.5. The monoisotopic (exact) mass is 519 g/mol. The highest BCUT2D eigenvalue weighted by Gasteiger charge is 2.44. The number of amides is 1. The Morgan fingerprint density at radius 2 is 1.54 bits per heavy atom. The Bertz CT molecular complexity index is 1730. The van der Waals surface area contributed by atoms with E-state index >= 15 is 0 Å². The Morgan fingerprint density at radius 1 is 0.795 bits per heavy atom. The summed E-state index contributed by atoms with van der Waals surface area (Å²) < 4.78 is 23.1. The molecule has 1 unspecified atom stereocenters. The van der Waals surface area contributed by atoms with Gasteiger partial charge in [0, 0.05) is 5.69 Å². The van der Waals surface area contributed by atoms with Crippen molar-refractivity contribution in [2.24, 2.45) is 0 Å². The highest BCUT2D eigenvalue weighted by molar-refractivity contribution is 6.10. The number of para-hydroxylation sites is 1. The Hall–Kier alpha value is -5.04. The number of nitrogens with zero attached hydrogens (tertiary/aromatic N) is 1. The third-order valence-electron chi connectivity index (χ3n) is 6.87. The van der Waals surface area contributed by atoms with Crippen molar-refractivity contribution in [1.82, 2.24) is 0 Å². The largest absolute Gasteiger partial charge is 0.497 e. The van der Waals surface area contributed by atoms with Crippen LogP contribution in [-0.4, -0.2) is 20.1 Å². The van der Waals surface area contributed by atoms with Crippen LogP contribution < -0.4 is 24.5 Å². The quantitative estimate of drug-likeness (QED) is 0.257. The third kappa shape index (κ3) is 4.28. The van der Waals surface area contributed by atoms with Crippen molar-refractivity contribution < 1.29 is 23.4 Å². The molecule has 1 aliphatic heterocycles. The molecule has 0 bridgehead atoms. The van der Waals surface area contributed by atoms with Crippen LogP contribution in [0.3, 0.4) is 0 Å². The molecule has 7 heteroatoms. The van der Waals surface area contributed by atoms with Crippen LogP contribution in [0.5, 0.6) is 17.2 Å². The summed E-state index contributed by atoms with van der Waals surface area (Å²) in [4.78, 5) is 29.2. The molecule has 194 valence electrons. The van der Waals surface area contributed by atoms with Gasteiger partial charge in [0.2, 0.25) is 5.76 Å². The van der Waals surface area contributed by atoms with E-state index in [1.807, 2.05) is 36.4 Å². The van der Waals surface area contributed by atoms with E-state index in [2.05, 4.69) is 0 Å². The summed E-state index contributed by atoms with van der Waals surface area (Å²) in [5, 5.41) is 0.417. The van der Waals surface area contributed by atoms with E-state index in [1.54, 1.807) is 79.8 Å². The van der Waals surface area contributed by atoms with Gasteiger partial charge in [-0.05, 0) is 59.7 Å². The van der Waals surface area contributed by atoms with Gasteiger partial charge in [-0.25, -0.2) is 0 Å². The van der Waals surface area contributed by atoms with Gasteiger partial charge in [-0.2, -0.15) is 0 Å². The van der Waals surface area contributed by atoms with Gasteiger partial charge < -0.3 is 18.6 Å². The summed E-state index contributed by atoms with van der Waals surface area (Å²) in [6.07, 6.45) is 0. The lowest BCUT2D eigenvalue weighted by Crippen LogP contribution is -2.29. The zero-order valence-electron chi connectivity index (χ0n) is 21.4. The molecule has 39 heavy (non-hydrogen) atoms. The first-order chi connectivity index (χ1) is 19.1. The van der Waals surface area contributed by atoms with E-state index in [-0.39, 0.29) is 16.8 Å². The molecule has 0 radical (unpaired) electrons. The highest BCUT2D eigenvalue weighted by atomic mass is 16.5. The van der Waals surface area contributed by atoms with Gasteiger partial charge in [0.05, 0.1) is 31.2 Å². The minimum Gasteiger partial charge on any atom is -0.497 e. The maximum Gasteiger partial charge on any atom is 0.295 e. The Morgan fingerprint density at radius 3 is 2.28 bits per heavy atom. The topological polar surface area (TPSA) is 78.2 Å². The molecule has 0 spiro atoms. The third-order valence-corrected chi connectivity index (χ3v) is 6.87. The second kappa shape index (κ2) is 10.0. The van der Waals surface area contributed by atoms with Crippen LogP contribution in [0.1, 0.15) is 33.3 Å². The molecule has 1 aromatic heterocycles. The first kappa shape index (κ1) is 24.3. The number of fused-ring (bicyclic) bond motifs is 2. The zero-order chi connectivity index (χ0) is 26.9. The summed E-state index contributed by atoms with van der Waals surface area (Å²) in [6, 6.07) is 28.6. The fourth-order valence-electron chi connectivity index (χ4n) is 4.95. The number of hydrogen-bond acceptors (Lipinski definition) is 6. The lowest BCUT2D eigenvalue weighted by Gasteiger charge is -2.26. The average Bonchev–Trinajstić information content (AvgIpc) is 3.28. The van der Waals surface area contributed by atoms with Crippen molar-refractivity contribution >= 4 is 22.6 Å². The Labute approximate surface area is 224 Å². The van der Waals surface area contributed by atoms with Gasteiger partial charge >= 0.3 is 0 Å². The molecule has 5 aromatic rings. The van der Waals surface area contributed by atoms with E-state index < -0.39 is 11.9 Å². The number of hydrogen-bond donors (Lipinski definition) is 0. The summed E-state index contributed by atoms with van der Waals surface area (Å²) in [5.74, 6) is 1.33. The zero-order valence-corrected chi connectivity index (χ0v) is 21.4. The predicted octanol–water partition coefficient (Wildman–Crippen LogP) is 6.14. The molecule has 0 saturated carbocycles. The minimum absolute atomic E-state index is 0.0305. The number of carbonyl (C=O) groups excluding carboxylic acids is 1. The second-order valence-electron chi connectivity index (χ2n) is 9.13. The van der Waals surface area contributed by atoms with Gasteiger partial charge in [-0.1, -0.05) is 48.5 Å². The van der Waals surface area contributed by atoms with E-state index in [0.29, 0.717) is 46.1 Å². The summed E-state index contributed by atoms with van der Waals surface area (Å²) >= 11 is 0. The standard InChI is InChI=1S/C32H25NO6/c1-36-23-15-13-22(14-16-23)33-29(28-30(34)24-10-6-7-11-25(24)39-31(28)32(33)35)21-12-17-26(27(18-21)37-2)38-19-20-8-4-3-5-9-20/h3-18,29H,19H2,1-2H3. The number of benzene rings is 4. The number of rotatable bonds is 7. The van der Waals surface area contributed by atoms with Crippen LogP contribution in [0, 0.1) is 0 Å². The highest BCUT2D eigenvalue weighted by Crippen LogP contribution is 2.43. The summed E-state index contributed by atoms with van der Waals surface area (Å²) in [6.45, 7) is 0.370. The lowest BCUT2D eigenvalue weighted by molar-refractivity contribution is 0.0971. The lowest BCUT2D eigenvalue weighted by atomic mass is 9.97. The fourth-order valence-corrected chi connectivity index (χ4v) is 4.95. The van der Waals surface area contributed by atoms with Crippen molar-refractivity contribution in [1.29, 1.82) is 0 Å². The second-order valence-corrected chi connectivity index (χ2v) is 9.13. The van der Waals surface area contributed by atoms with Crippen LogP contribution in [-0.2, 0) is 6.61 Å². The average molecular weight is 520 g/mol. The van der Waals surface area contributed by atoms with Crippen molar-refractivity contribution in [3.8, 4) is 17.2 Å². The first-order valence-corrected chi connectivity index (χ1v) is 12.5. The molecule has 6 rings (SSSR count). The van der Waals surface area contributed by atoms with E-state index in [1.165, 1.54) is 0 Å². The summed E-state index contributed by atoms with van der Waals surface area (Å²) in [7, 11) is 3.14. The van der Waals surface area contributed by atoms with Crippen LogP contribution >= 0.6 is 0 Å². The van der Waals surface area contributed by atoms with Crippen LogP contribution in [0.2, 0.25) is 0 Å². The van der Waals surface area contributed by atoms with E-state index in [0.717, 1.165) is 5.56 Å². The normalized spacial score (nSPS) is 14.4. The number of carbonyl (C=O) groups is 1. The molecule has 4 aromatic carbocycles. The molecule has 0 saturated heterocycles. The Kier molecular flexibility index (Phi) is 6.25. The molecular formula is C32H25NO6. The Balaban J connectivity index is 1.48. The minimum atomic E-state index is -0.737. The van der Waals surface area contributed by atoms with Gasteiger partial charge in [0.1, 0.15) is 17.9 Å². The van der Waals surface area contributed by atoms with Gasteiger partial charge in [-0.15, -0.1) is 0 Å². The van der Waals surface area contributed by atoms with Gasteiger partial charge in [-0.3, -0.25) is 14.5 Å². The van der Waals surface area contributed by atoms with Gasteiger partial charge in [0.15, 0.2) is 16.9 Å². The molecule has 2 heterocycles. The van der Waals surface area contributed by atoms with Crippen LogP contribution in [0.25, 0.3) is 11.0 Å². The summed E-state index contributed by atoms with van der Waals surface area (Å²) in [5.41, 5.74) is 2.72. The molecule has 0 N–H and O–H groups in total.